The number of pyridine rings is 1. The Morgan fingerprint density at radius 2 is 1.44 bits per heavy atom. The lowest BCUT2D eigenvalue weighted by Gasteiger charge is -2.28. The van der Waals surface area contributed by atoms with Crippen LogP contribution in [0.4, 0.5) is 20.3 Å². The second kappa shape index (κ2) is 14.3. The Kier molecular flexibility index (Phi) is 9.95. The standard InChI is InChI=1S/C20H17BrFN3O2.C19H13BrFN3O/c1-11(2)25(13-5-7-15(21)16(22)9-13)19-18(20(26)27-3)14-6-4-12(10-23)8-17(14)24-19;1-9(2)24-16-7-14(21)13(20)6-12(16)18(25)17-11-4-3-10(8-22)5-15(11)23-19(17)24/h4-9,11,24H,1-3H3;3-7,9,23H,1-2H3. The molecule has 0 radical (unpaired) electrons. The average molecular weight is 829 g/mol. The molecule has 262 valence electrons. The van der Waals surface area contributed by atoms with Gasteiger partial charge in [-0.25, -0.2) is 13.6 Å². The molecule has 0 bridgehead atoms. The van der Waals surface area contributed by atoms with Gasteiger partial charge in [0.25, 0.3) is 0 Å². The number of nitrogens with zero attached hydrogens (tertiary/aromatic N) is 4. The predicted molar refractivity (Wildman–Crippen MR) is 206 cm³/mol. The van der Waals surface area contributed by atoms with Gasteiger partial charge in [-0.1, -0.05) is 12.1 Å². The molecule has 0 fully saturated rings. The summed E-state index contributed by atoms with van der Waals surface area (Å²) in [6, 6.07) is 22.0. The highest BCUT2D eigenvalue weighted by atomic mass is 79.9. The van der Waals surface area contributed by atoms with Crippen LogP contribution in [0.15, 0.2) is 80.5 Å². The zero-order valence-electron chi connectivity index (χ0n) is 28.5. The number of ether oxygens (including phenoxy) is 1. The minimum Gasteiger partial charge on any atom is -0.465 e. The van der Waals surface area contributed by atoms with Crippen LogP contribution in [-0.2, 0) is 4.74 Å². The topological polar surface area (TPSA) is 131 Å². The van der Waals surface area contributed by atoms with Crippen molar-refractivity contribution in [2.45, 2.75) is 39.8 Å². The molecule has 0 amide bonds. The van der Waals surface area contributed by atoms with E-state index in [-0.39, 0.29) is 22.0 Å². The lowest BCUT2D eigenvalue weighted by Crippen LogP contribution is -2.27. The van der Waals surface area contributed by atoms with Gasteiger partial charge in [0.15, 0.2) is 5.43 Å². The second-order valence-electron chi connectivity index (χ2n) is 12.6. The van der Waals surface area contributed by atoms with Gasteiger partial charge in [0.05, 0.1) is 50.2 Å². The fourth-order valence-corrected chi connectivity index (χ4v) is 7.02. The molecule has 0 aliphatic carbocycles. The molecule has 0 saturated heterocycles. The largest absolute Gasteiger partial charge is 0.465 e. The van der Waals surface area contributed by atoms with Gasteiger partial charge in [-0.3, -0.25) is 4.79 Å². The Balaban J connectivity index is 0.000000179. The van der Waals surface area contributed by atoms with E-state index in [4.69, 9.17) is 15.3 Å². The monoisotopic (exact) mass is 826 g/mol. The number of anilines is 2. The molecular formula is C39H30Br2F2N6O3. The van der Waals surface area contributed by atoms with Crippen molar-refractivity contribution in [2.75, 3.05) is 12.0 Å². The number of rotatable bonds is 5. The molecular weight excluding hydrogens is 798 g/mol. The van der Waals surface area contributed by atoms with E-state index in [9.17, 15) is 18.4 Å². The van der Waals surface area contributed by atoms with Gasteiger partial charge in [0, 0.05) is 45.0 Å². The molecule has 3 heterocycles. The van der Waals surface area contributed by atoms with E-state index in [1.807, 2.05) is 37.2 Å². The van der Waals surface area contributed by atoms with Crippen LogP contribution in [0.2, 0.25) is 0 Å². The van der Waals surface area contributed by atoms with Crippen LogP contribution in [0, 0.1) is 34.3 Å². The van der Waals surface area contributed by atoms with Crippen LogP contribution in [-0.4, -0.2) is 33.7 Å². The molecule has 3 aromatic heterocycles. The summed E-state index contributed by atoms with van der Waals surface area (Å²) < 4.78 is 35.8. The molecule has 0 spiro atoms. The van der Waals surface area contributed by atoms with Gasteiger partial charge >= 0.3 is 5.97 Å². The van der Waals surface area contributed by atoms with Crippen molar-refractivity contribution in [1.29, 1.82) is 10.5 Å². The van der Waals surface area contributed by atoms with Crippen molar-refractivity contribution in [3.05, 3.63) is 114 Å². The summed E-state index contributed by atoms with van der Waals surface area (Å²) >= 11 is 6.33. The summed E-state index contributed by atoms with van der Waals surface area (Å²) in [6.07, 6.45) is 0. The minimum atomic E-state index is -0.510. The van der Waals surface area contributed by atoms with Gasteiger partial charge < -0.3 is 24.2 Å². The molecule has 0 aliphatic rings. The summed E-state index contributed by atoms with van der Waals surface area (Å²) in [5.74, 6) is -0.836. The van der Waals surface area contributed by atoms with Crippen LogP contribution in [0.1, 0.15) is 55.2 Å². The number of halogens is 4. The highest BCUT2D eigenvalue weighted by Crippen LogP contribution is 2.37. The molecule has 0 atom stereocenters. The molecule has 7 rings (SSSR count). The number of nitriles is 2. The molecule has 52 heavy (non-hydrogen) atoms. The number of aromatic nitrogens is 3. The van der Waals surface area contributed by atoms with Crippen molar-refractivity contribution in [2.24, 2.45) is 0 Å². The zero-order chi connectivity index (χ0) is 37.6. The van der Waals surface area contributed by atoms with E-state index in [0.717, 1.165) is 10.9 Å². The normalized spacial score (nSPS) is 11.2. The number of aromatic amines is 2. The lowest BCUT2D eigenvalue weighted by molar-refractivity contribution is 0.0604. The second-order valence-corrected chi connectivity index (χ2v) is 14.3. The zero-order valence-corrected chi connectivity index (χ0v) is 31.7. The number of nitrogens with one attached hydrogen (secondary N) is 2. The van der Waals surface area contributed by atoms with Gasteiger partial charge in [-0.15, -0.1) is 0 Å². The Morgan fingerprint density at radius 1 is 0.827 bits per heavy atom. The summed E-state index contributed by atoms with van der Waals surface area (Å²) in [5.41, 5.74) is 4.29. The van der Waals surface area contributed by atoms with Crippen LogP contribution in [0.25, 0.3) is 43.7 Å². The number of hydrogen-bond donors (Lipinski definition) is 2. The van der Waals surface area contributed by atoms with Gasteiger partial charge in [-0.05, 0) is 114 Å². The Labute approximate surface area is 313 Å². The van der Waals surface area contributed by atoms with E-state index >= 15 is 0 Å². The maximum absolute atomic E-state index is 14.1. The molecule has 4 aromatic carbocycles. The van der Waals surface area contributed by atoms with Crippen LogP contribution in [0.3, 0.4) is 0 Å². The van der Waals surface area contributed by atoms with Crippen LogP contribution >= 0.6 is 31.9 Å². The first-order valence-electron chi connectivity index (χ1n) is 16.1. The predicted octanol–water partition coefficient (Wildman–Crippen LogP) is 10.3. The first-order chi connectivity index (χ1) is 24.8. The molecule has 0 aliphatic heterocycles. The number of hydrogen-bond acceptors (Lipinski definition) is 6. The number of esters is 1. The number of carbonyl (C=O) groups is 1. The van der Waals surface area contributed by atoms with E-state index < -0.39 is 17.6 Å². The Bertz CT molecular complexity index is 2720. The summed E-state index contributed by atoms with van der Waals surface area (Å²) in [7, 11) is 1.31. The van der Waals surface area contributed by atoms with Crippen LogP contribution < -0.4 is 10.3 Å². The first-order valence-corrected chi connectivity index (χ1v) is 17.6. The van der Waals surface area contributed by atoms with Gasteiger partial charge in [-0.2, -0.15) is 10.5 Å². The summed E-state index contributed by atoms with van der Waals surface area (Å²) in [5, 5.41) is 20.7. The van der Waals surface area contributed by atoms with Crippen LogP contribution in [0.5, 0.6) is 0 Å². The fourth-order valence-electron chi connectivity index (χ4n) is 6.43. The van der Waals surface area contributed by atoms with E-state index in [1.165, 1.54) is 25.3 Å². The average Bonchev–Trinajstić information content (AvgIpc) is 3.68. The Hall–Kier alpha value is -5.50. The van der Waals surface area contributed by atoms with Crippen molar-refractivity contribution < 1.29 is 18.3 Å². The SMILES string of the molecule is CC(C)n1c2cc(F)c(Br)cc2c(=O)c2c3ccc(C#N)cc3[nH]c21.COC(=O)c1c(N(c2ccc(Br)c(F)c2)C(C)C)[nH]c2cc(C#N)ccc12. The smallest absolute Gasteiger partial charge is 0.342 e. The van der Waals surface area contributed by atoms with Crippen molar-refractivity contribution in [1.82, 2.24) is 14.5 Å². The maximum atomic E-state index is 14.1. The van der Waals surface area contributed by atoms with E-state index in [1.54, 1.807) is 48.5 Å². The highest BCUT2D eigenvalue weighted by molar-refractivity contribution is 9.10. The lowest BCUT2D eigenvalue weighted by atomic mass is 10.1. The summed E-state index contributed by atoms with van der Waals surface area (Å²) in [6.45, 7) is 7.84. The Morgan fingerprint density at radius 3 is 2.02 bits per heavy atom. The van der Waals surface area contributed by atoms with E-state index in [2.05, 4.69) is 54.0 Å². The maximum Gasteiger partial charge on any atom is 0.342 e. The molecule has 7 aromatic rings. The molecule has 9 nitrogen and oxygen atoms in total. The molecule has 0 saturated carbocycles. The molecule has 0 unspecified atom stereocenters. The summed E-state index contributed by atoms with van der Waals surface area (Å²) in [4.78, 5) is 33.9. The fraction of sp³-hybridized carbons (Fsp3) is 0.179. The third-order valence-corrected chi connectivity index (χ3v) is 9.92. The van der Waals surface area contributed by atoms with Gasteiger partial charge in [0.2, 0.25) is 0 Å². The molecule has 2 N–H and O–H groups in total. The highest BCUT2D eigenvalue weighted by Gasteiger charge is 2.27. The van der Waals surface area contributed by atoms with Crippen molar-refractivity contribution >= 4 is 93.1 Å². The van der Waals surface area contributed by atoms with Gasteiger partial charge in [0.1, 0.15) is 28.7 Å². The number of carbonyl (C=O) groups excluding carboxylic acids is 1. The number of fused-ring (bicyclic) bond motifs is 5. The number of benzene rings is 4. The first kappa shape index (κ1) is 36.3. The third-order valence-electron chi connectivity index (χ3n) is 8.67. The number of methoxy groups -OCH3 is 1. The number of H-pyrrole nitrogens is 2. The van der Waals surface area contributed by atoms with Crippen molar-refractivity contribution in [3.8, 4) is 12.1 Å². The molecule has 13 heteroatoms. The third kappa shape index (κ3) is 6.31. The quantitative estimate of drug-likeness (QED) is 0.166. The van der Waals surface area contributed by atoms with Crippen molar-refractivity contribution in [3.63, 3.8) is 0 Å². The minimum absolute atomic E-state index is 0.00896. The van der Waals surface area contributed by atoms with E-state index in [0.29, 0.717) is 65.5 Å².